The van der Waals surface area contributed by atoms with Gasteiger partial charge in [-0.1, -0.05) is 23.8 Å². The van der Waals surface area contributed by atoms with Crippen LogP contribution in [0.2, 0.25) is 0 Å². The van der Waals surface area contributed by atoms with Crippen LogP contribution in [0.15, 0.2) is 42.5 Å². The van der Waals surface area contributed by atoms with Gasteiger partial charge in [-0.25, -0.2) is 0 Å². The molecule has 30 heavy (non-hydrogen) atoms. The Morgan fingerprint density at radius 1 is 0.967 bits per heavy atom. The van der Waals surface area contributed by atoms with Crippen LogP contribution < -0.4 is 0 Å². The summed E-state index contributed by atoms with van der Waals surface area (Å²) >= 11 is 0. The summed E-state index contributed by atoms with van der Waals surface area (Å²) in [5.41, 5.74) is 4.45. The highest BCUT2D eigenvalue weighted by atomic mass is 16.3. The minimum atomic E-state index is -0.983. The first kappa shape index (κ1) is 18.8. The molecule has 2 aromatic carbocycles. The highest BCUT2D eigenvalue weighted by Gasteiger charge is 2.36. The van der Waals surface area contributed by atoms with Crippen LogP contribution in [0.4, 0.5) is 0 Å². The molecule has 1 N–H and O–H groups in total. The molecule has 1 atom stereocenters. The minimum Gasteiger partial charge on any atom is -0.389 e. The number of aromatic nitrogens is 1. The molecule has 1 aliphatic carbocycles. The lowest BCUT2D eigenvalue weighted by molar-refractivity contribution is 0.0520. The van der Waals surface area contributed by atoms with E-state index in [1.807, 2.05) is 23.6 Å². The number of benzene rings is 2. The molecule has 1 aromatic heterocycles. The summed E-state index contributed by atoms with van der Waals surface area (Å²) < 4.78 is 1.87. The molecule has 5 rings (SSSR count). The zero-order chi connectivity index (χ0) is 21.0. The van der Waals surface area contributed by atoms with Gasteiger partial charge < -0.3 is 9.67 Å². The quantitative estimate of drug-likeness (QED) is 0.680. The predicted molar refractivity (Wildman–Crippen MR) is 112 cm³/mol. The van der Waals surface area contributed by atoms with Crippen molar-refractivity contribution in [2.24, 2.45) is 0 Å². The number of fused-ring (bicyclic) bond motifs is 4. The average Bonchev–Trinajstić information content (AvgIpc) is 3.16. The van der Waals surface area contributed by atoms with Crippen LogP contribution in [0.1, 0.15) is 55.2 Å². The van der Waals surface area contributed by atoms with Crippen LogP contribution in [0.25, 0.3) is 10.9 Å². The molecule has 0 saturated carbocycles. The Bertz CT molecular complexity index is 1190. The van der Waals surface area contributed by atoms with Crippen molar-refractivity contribution in [3.8, 4) is 0 Å². The molecule has 2 aliphatic rings. The molecular weight excluding hydrogens is 380 g/mol. The molecule has 6 heteroatoms. The molecule has 6 nitrogen and oxygen atoms in total. The smallest absolute Gasteiger partial charge is 0.261 e. The number of nitrogens with zero attached hydrogens (tertiary/aromatic N) is 2. The van der Waals surface area contributed by atoms with Gasteiger partial charge in [-0.05, 0) is 49.6 Å². The molecule has 152 valence electrons. The van der Waals surface area contributed by atoms with E-state index in [0.29, 0.717) is 23.2 Å². The summed E-state index contributed by atoms with van der Waals surface area (Å²) in [7, 11) is 0. The molecule has 2 heterocycles. The zero-order valence-corrected chi connectivity index (χ0v) is 16.7. The number of β-amino-alcohol motifs (C(OH)–C–C–N with tert-alkyl or cyclic N) is 1. The van der Waals surface area contributed by atoms with Gasteiger partial charge in [0.05, 0.1) is 36.0 Å². The number of aryl methyl sites for hydroxylation is 2. The third-order valence-electron chi connectivity index (χ3n) is 6.08. The van der Waals surface area contributed by atoms with Crippen LogP contribution >= 0.6 is 0 Å². The summed E-state index contributed by atoms with van der Waals surface area (Å²) in [6.45, 7) is 2.06. The van der Waals surface area contributed by atoms with E-state index in [2.05, 4.69) is 6.07 Å². The van der Waals surface area contributed by atoms with E-state index in [9.17, 15) is 19.5 Å². The van der Waals surface area contributed by atoms with E-state index >= 15 is 0 Å². The largest absolute Gasteiger partial charge is 0.389 e. The number of hydrogen-bond donors (Lipinski definition) is 1. The fourth-order valence-electron chi connectivity index (χ4n) is 4.73. The van der Waals surface area contributed by atoms with E-state index < -0.39 is 6.10 Å². The van der Waals surface area contributed by atoms with Crippen molar-refractivity contribution in [3.63, 3.8) is 0 Å². The second kappa shape index (κ2) is 6.92. The highest BCUT2D eigenvalue weighted by molar-refractivity contribution is 6.21. The molecule has 0 fully saturated rings. The van der Waals surface area contributed by atoms with Gasteiger partial charge in [0.2, 0.25) is 0 Å². The van der Waals surface area contributed by atoms with Crippen molar-refractivity contribution < 1.29 is 19.5 Å². The molecule has 0 spiro atoms. The van der Waals surface area contributed by atoms with Gasteiger partial charge in [-0.15, -0.1) is 0 Å². The standard InChI is InChI=1S/C24H22N2O4/c1-14-9-10-20-19(11-14)16-7-4-8-21(28)22(16)25(20)12-15(27)13-26-23(29)17-5-2-3-6-18(17)24(26)30/h2-3,5-6,9-11,15,27H,4,7-8,12-13H2,1H3/t15-/m0/s1. The molecule has 0 unspecified atom stereocenters. The first-order valence-electron chi connectivity index (χ1n) is 10.2. The third kappa shape index (κ3) is 2.79. The second-order valence-corrected chi connectivity index (χ2v) is 8.16. The number of imide groups is 1. The van der Waals surface area contributed by atoms with Crippen LogP contribution in [0.5, 0.6) is 0 Å². The third-order valence-corrected chi connectivity index (χ3v) is 6.08. The average molecular weight is 402 g/mol. The lowest BCUT2D eigenvalue weighted by Gasteiger charge is -2.21. The normalized spacial score (nSPS) is 16.9. The number of carbonyl (C=O) groups excluding carboxylic acids is 3. The summed E-state index contributed by atoms with van der Waals surface area (Å²) in [6.07, 6.45) is 1.18. The van der Waals surface area contributed by atoms with Gasteiger partial charge in [0.1, 0.15) is 0 Å². The summed E-state index contributed by atoms with van der Waals surface area (Å²) in [6, 6.07) is 12.7. The number of aliphatic hydroxyl groups excluding tert-OH is 1. The number of aliphatic hydroxyl groups is 1. The Kier molecular flexibility index (Phi) is 4.33. The topological polar surface area (TPSA) is 79.6 Å². The van der Waals surface area contributed by atoms with E-state index in [-0.39, 0.29) is 30.7 Å². The molecule has 0 saturated heterocycles. The molecule has 1 aliphatic heterocycles. The highest BCUT2D eigenvalue weighted by Crippen LogP contribution is 2.33. The fraction of sp³-hybridized carbons (Fsp3) is 0.292. The van der Waals surface area contributed by atoms with Gasteiger partial charge in [-0.3, -0.25) is 19.3 Å². The van der Waals surface area contributed by atoms with Gasteiger partial charge in [0, 0.05) is 17.3 Å². The van der Waals surface area contributed by atoms with Crippen molar-refractivity contribution in [3.05, 3.63) is 70.4 Å². The Morgan fingerprint density at radius 3 is 2.37 bits per heavy atom. The first-order valence-corrected chi connectivity index (χ1v) is 10.2. The van der Waals surface area contributed by atoms with Gasteiger partial charge in [0.15, 0.2) is 5.78 Å². The fourth-order valence-corrected chi connectivity index (χ4v) is 4.73. The SMILES string of the molecule is Cc1ccc2c(c1)c1c(n2C[C@H](O)CN2C(=O)c3ccccc3C2=O)C(=O)CCC1. The van der Waals surface area contributed by atoms with E-state index in [0.717, 1.165) is 39.8 Å². The molecule has 0 bridgehead atoms. The van der Waals surface area contributed by atoms with Crippen LogP contribution in [0, 0.1) is 6.92 Å². The van der Waals surface area contributed by atoms with E-state index in [1.54, 1.807) is 24.3 Å². The minimum absolute atomic E-state index is 0.0815. The maximum absolute atomic E-state index is 12.7. The number of rotatable bonds is 4. The van der Waals surface area contributed by atoms with Gasteiger partial charge in [-0.2, -0.15) is 0 Å². The maximum atomic E-state index is 12.7. The Morgan fingerprint density at radius 2 is 1.67 bits per heavy atom. The van der Waals surface area contributed by atoms with E-state index in [4.69, 9.17) is 0 Å². The summed E-state index contributed by atoms with van der Waals surface area (Å²) in [4.78, 5) is 39.0. The molecule has 2 amide bonds. The van der Waals surface area contributed by atoms with Crippen LogP contribution in [0.3, 0.4) is 0 Å². The van der Waals surface area contributed by atoms with Gasteiger partial charge >= 0.3 is 0 Å². The Labute approximate surface area is 173 Å². The number of hydrogen-bond acceptors (Lipinski definition) is 4. The number of carbonyl (C=O) groups is 3. The lowest BCUT2D eigenvalue weighted by Crippen LogP contribution is -2.39. The molecular formula is C24H22N2O4. The van der Waals surface area contributed by atoms with Crippen molar-refractivity contribution >= 4 is 28.5 Å². The number of ketones is 1. The molecule has 3 aromatic rings. The monoisotopic (exact) mass is 402 g/mol. The van der Waals surface area contributed by atoms with Crippen molar-refractivity contribution in [1.29, 1.82) is 0 Å². The second-order valence-electron chi connectivity index (χ2n) is 8.16. The summed E-state index contributed by atoms with van der Waals surface area (Å²) in [5, 5.41) is 11.9. The number of Topliss-reactive ketones (excluding diaryl/α,β-unsaturated/α-hetero) is 1. The molecule has 0 radical (unpaired) electrons. The van der Waals surface area contributed by atoms with Crippen molar-refractivity contribution in [1.82, 2.24) is 9.47 Å². The zero-order valence-electron chi connectivity index (χ0n) is 16.7. The lowest BCUT2D eigenvalue weighted by atomic mass is 9.94. The van der Waals surface area contributed by atoms with Crippen molar-refractivity contribution in [2.45, 2.75) is 38.8 Å². The van der Waals surface area contributed by atoms with Crippen molar-refractivity contribution in [2.75, 3.05) is 6.54 Å². The maximum Gasteiger partial charge on any atom is 0.261 e. The van der Waals surface area contributed by atoms with Crippen LogP contribution in [-0.2, 0) is 13.0 Å². The first-order chi connectivity index (χ1) is 14.5. The van der Waals surface area contributed by atoms with E-state index in [1.165, 1.54) is 0 Å². The van der Waals surface area contributed by atoms with Gasteiger partial charge in [0.25, 0.3) is 11.8 Å². The van der Waals surface area contributed by atoms with Crippen LogP contribution in [-0.4, -0.2) is 44.8 Å². The summed E-state index contributed by atoms with van der Waals surface area (Å²) in [5.74, 6) is -0.695. The Balaban J connectivity index is 1.47. The predicted octanol–water partition coefficient (Wildman–Crippen LogP) is 3.13. The Hall–Kier alpha value is -3.25. The number of amides is 2.